The topological polar surface area (TPSA) is 61.8 Å². The molecule has 2 rings (SSSR count). The number of amides is 1. The van der Waals surface area contributed by atoms with Crippen molar-refractivity contribution in [3.05, 3.63) is 0 Å². The SMILES string of the molecule is CC(C)[C@H](CCO)NC(=O)C1CCC(N2CCOCC2)CC1. The van der Waals surface area contributed by atoms with Crippen molar-refractivity contribution in [3.63, 3.8) is 0 Å². The summed E-state index contributed by atoms with van der Waals surface area (Å²) in [5.41, 5.74) is 0. The molecule has 2 N–H and O–H groups in total. The lowest BCUT2D eigenvalue weighted by atomic mass is 9.84. The summed E-state index contributed by atoms with van der Waals surface area (Å²) in [5, 5.41) is 12.3. The van der Waals surface area contributed by atoms with Gasteiger partial charge in [0.1, 0.15) is 0 Å². The molecule has 0 bridgehead atoms. The first kappa shape index (κ1) is 17.7. The Morgan fingerprint density at radius 2 is 1.86 bits per heavy atom. The van der Waals surface area contributed by atoms with Crippen LogP contribution in [-0.2, 0) is 9.53 Å². The average molecular weight is 312 g/mol. The summed E-state index contributed by atoms with van der Waals surface area (Å²) >= 11 is 0. The van der Waals surface area contributed by atoms with Crippen LogP contribution in [0.5, 0.6) is 0 Å². The Hall–Kier alpha value is -0.650. The molecule has 0 aromatic heterocycles. The minimum Gasteiger partial charge on any atom is -0.396 e. The number of ether oxygens (including phenoxy) is 1. The predicted molar refractivity (Wildman–Crippen MR) is 86.6 cm³/mol. The summed E-state index contributed by atoms with van der Waals surface area (Å²) in [6, 6.07) is 0.723. The van der Waals surface area contributed by atoms with Crippen molar-refractivity contribution >= 4 is 5.91 Å². The van der Waals surface area contributed by atoms with Gasteiger partial charge in [-0.2, -0.15) is 0 Å². The molecule has 0 unspecified atom stereocenters. The number of rotatable bonds is 6. The lowest BCUT2D eigenvalue weighted by Gasteiger charge is -2.38. The molecule has 5 heteroatoms. The Morgan fingerprint density at radius 1 is 1.23 bits per heavy atom. The molecule has 0 spiro atoms. The molecule has 1 aliphatic heterocycles. The van der Waals surface area contributed by atoms with Crippen LogP contribution in [0.1, 0.15) is 46.0 Å². The quantitative estimate of drug-likeness (QED) is 0.778. The standard InChI is InChI=1S/C17H32N2O3/c1-13(2)16(7-10-20)18-17(21)14-3-5-15(6-4-14)19-8-11-22-12-9-19/h13-16,20H,3-12H2,1-2H3,(H,18,21)/t14?,15?,16-/m0/s1. The van der Waals surface area contributed by atoms with Crippen molar-refractivity contribution in [2.45, 2.75) is 58.0 Å². The van der Waals surface area contributed by atoms with Gasteiger partial charge in [0.15, 0.2) is 0 Å². The van der Waals surface area contributed by atoms with Crippen molar-refractivity contribution in [1.82, 2.24) is 10.2 Å². The summed E-state index contributed by atoms with van der Waals surface area (Å²) in [6.45, 7) is 8.08. The lowest BCUT2D eigenvalue weighted by Crippen LogP contribution is -2.47. The molecule has 1 aliphatic carbocycles. The Balaban J connectivity index is 1.76. The van der Waals surface area contributed by atoms with Crippen LogP contribution in [-0.4, -0.2) is 60.9 Å². The molecule has 1 heterocycles. The van der Waals surface area contributed by atoms with E-state index in [2.05, 4.69) is 24.1 Å². The van der Waals surface area contributed by atoms with Crippen LogP contribution in [0.2, 0.25) is 0 Å². The molecule has 128 valence electrons. The average Bonchev–Trinajstić information content (AvgIpc) is 2.55. The van der Waals surface area contributed by atoms with Crippen molar-refractivity contribution in [2.75, 3.05) is 32.9 Å². The highest BCUT2D eigenvalue weighted by atomic mass is 16.5. The van der Waals surface area contributed by atoms with E-state index in [1.165, 1.54) is 0 Å². The summed E-state index contributed by atoms with van der Waals surface area (Å²) < 4.78 is 5.41. The maximum Gasteiger partial charge on any atom is 0.223 e. The van der Waals surface area contributed by atoms with Crippen LogP contribution in [0, 0.1) is 11.8 Å². The summed E-state index contributed by atoms with van der Waals surface area (Å²) in [7, 11) is 0. The van der Waals surface area contributed by atoms with Gasteiger partial charge in [0.25, 0.3) is 0 Å². The Labute approximate surface area is 134 Å². The minimum absolute atomic E-state index is 0.0921. The molecule has 2 aliphatic rings. The van der Waals surface area contributed by atoms with Gasteiger partial charge in [-0.1, -0.05) is 13.8 Å². The minimum atomic E-state index is 0.0921. The number of nitrogens with one attached hydrogen (secondary N) is 1. The fraction of sp³-hybridized carbons (Fsp3) is 0.941. The number of carbonyl (C=O) groups excluding carboxylic acids is 1. The zero-order valence-corrected chi connectivity index (χ0v) is 14.1. The molecule has 1 saturated heterocycles. The maximum absolute atomic E-state index is 12.4. The number of carbonyl (C=O) groups is 1. The highest BCUT2D eigenvalue weighted by Crippen LogP contribution is 2.28. The molecule has 0 radical (unpaired) electrons. The smallest absolute Gasteiger partial charge is 0.223 e. The highest BCUT2D eigenvalue weighted by Gasteiger charge is 2.31. The first-order valence-electron chi connectivity index (χ1n) is 8.84. The van der Waals surface area contributed by atoms with E-state index in [1.807, 2.05) is 0 Å². The summed E-state index contributed by atoms with van der Waals surface area (Å²) in [4.78, 5) is 15.0. The van der Waals surface area contributed by atoms with Gasteiger partial charge in [0, 0.05) is 37.7 Å². The second-order valence-electron chi connectivity index (χ2n) is 7.03. The summed E-state index contributed by atoms with van der Waals surface area (Å²) in [5.74, 6) is 0.700. The van der Waals surface area contributed by atoms with Crippen LogP contribution in [0.3, 0.4) is 0 Å². The van der Waals surface area contributed by atoms with Gasteiger partial charge in [0.2, 0.25) is 5.91 Å². The second-order valence-corrected chi connectivity index (χ2v) is 7.03. The normalized spacial score (nSPS) is 28.5. The predicted octanol–water partition coefficient (Wildman–Crippen LogP) is 1.40. The molecule has 2 fully saturated rings. The van der Waals surface area contributed by atoms with Crippen LogP contribution in [0.15, 0.2) is 0 Å². The first-order valence-corrected chi connectivity index (χ1v) is 8.84. The van der Waals surface area contributed by atoms with E-state index in [-0.39, 0.29) is 24.5 Å². The molecular weight excluding hydrogens is 280 g/mol. The van der Waals surface area contributed by atoms with Crippen LogP contribution in [0.4, 0.5) is 0 Å². The van der Waals surface area contributed by atoms with Gasteiger partial charge in [-0.05, 0) is 38.0 Å². The van der Waals surface area contributed by atoms with Gasteiger partial charge < -0.3 is 15.2 Å². The Morgan fingerprint density at radius 3 is 2.41 bits per heavy atom. The van der Waals surface area contributed by atoms with Crippen LogP contribution in [0.25, 0.3) is 0 Å². The lowest BCUT2D eigenvalue weighted by molar-refractivity contribution is -0.127. The van der Waals surface area contributed by atoms with Crippen LogP contribution >= 0.6 is 0 Å². The van der Waals surface area contributed by atoms with Crippen molar-refractivity contribution in [1.29, 1.82) is 0 Å². The van der Waals surface area contributed by atoms with Gasteiger partial charge in [0.05, 0.1) is 13.2 Å². The van der Waals surface area contributed by atoms with E-state index in [4.69, 9.17) is 9.84 Å². The highest BCUT2D eigenvalue weighted by molar-refractivity contribution is 5.79. The van der Waals surface area contributed by atoms with E-state index in [9.17, 15) is 4.79 Å². The number of aliphatic hydroxyl groups excluding tert-OH is 1. The van der Waals surface area contributed by atoms with E-state index in [0.29, 0.717) is 18.4 Å². The van der Waals surface area contributed by atoms with Gasteiger partial charge in [-0.15, -0.1) is 0 Å². The van der Waals surface area contributed by atoms with Crippen molar-refractivity contribution < 1.29 is 14.6 Å². The third kappa shape index (κ3) is 4.93. The van der Waals surface area contributed by atoms with Crippen LogP contribution < -0.4 is 5.32 Å². The second kappa shape index (κ2) is 8.85. The fourth-order valence-corrected chi connectivity index (χ4v) is 3.66. The zero-order valence-electron chi connectivity index (χ0n) is 14.1. The van der Waals surface area contributed by atoms with Gasteiger partial charge >= 0.3 is 0 Å². The fourth-order valence-electron chi connectivity index (χ4n) is 3.66. The molecule has 22 heavy (non-hydrogen) atoms. The zero-order chi connectivity index (χ0) is 15.9. The molecule has 5 nitrogen and oxygen atoms in total. The molecule has 0 aromatic rings. The third-order valence-corrected chi connectivity index (χ3v) is 5.20. The number of nitrogens with zero attached hydrogens (tertiary/aromatic N) is 1. The molecule has 1 atom stereocenters. The molecular formula is C17H32N2O3. The number of aliphatic hydroxyl groups is 1. The summed E-state index contributed by atoms with van der Waals surface area (Å²) in [6.07, 6.45) is 4.84. The molecule has 1 saturated carbocycles. The molecule has 1 amide bonds. The number of hydrogen-bond acceptors (Lipinski definition) is 4. The maximum atomic E-state index is 12.4. The van der Waals surface area contributed by atoms with Gasteiger partial charge in [-0.25, -0.2) is 0 Å². The molecule has 0 aromatic carbocycles. The van der Waals surface area contributed by atoms with Crippen molar-refractivity contribution in [3.8, 4) is 0 Å². The first-order chi connectivity index (χ1) is 10.6. The largest absolute Gasteiger partial charge is 0.396 e. The van der Waals surface area contributed by atoms with Gasteiger partial charge in [-0.3, -0.25) is 9.69 Å². The Bertz CT molecular complexity index is 335. The van der Waals surface area contributed by atoms with E-state index >= 15 is 0 Å². The monoisotopic (exact) mass is 312 g/mol. The van der Waals surface area contributed by atoms with E-state index < -0.39 is 0 Å². The van der Waals surface area contributed by atoms with E-state index in [1.54, 1.807) is 0 Å². The Kier molecular flexibility index (Phi) is 7.12. The number of hydrogen-bond donors (Lipinski definition) is 2. The van der Waals surface area contributed by atoms with Crippen molar-refractivity contribution in [2.24, 2.45) is 11.8 Å². The number of morpholine rings is 1. The third-order valence-electron chi connectivity index (χ3n) is 5.20. The van der Waals surface area contributed by atoms with E-state index in [0.717, 1.165) is 52.0 Å².